The molecule has 1 aromatic rings. The van der Waals surface area contributed by atoms with E-state index in [1.165, 1.54) is 6.92 Å². The van der Waals surface area contributed by atoms with Crippen LogP contribution in [0.2, 0.25) is 0 Å². The normalized spacial score (nSPS) is 8.69. The molecule has 0 aliphatic heterocycles. The predicted octanol–water partition coefficient (Wildman–Crippen LogP) is 1.85. The van der Waals surface area contributed by atoms with Crippen molar-refractivity contribution in [2.75, 3.05) is 0 Å². The standard InChI is InChI=1S/C10H10O2.Mn/c1-8(11)7-10(12)9-5-3-2-4-6-9;/h2-6H,7H2,1H3;/q;+3. The number of ketones is 2. The smallest absolute Gasteiger partial charge is 0.300 e. The van der Waals surface area contributed by atoms with E-state index in [1.807, 2.05) is 6.07 Å². The molecule has 0 N–H and O–H groups in total. The van der Waals surface area contributed by atoms with Crippen LogP contribution in [0.4, 0.5) is 0 Å². The second kappa shape index (κ2) is 5.68. The van der Waals surface area contributed by atoms with Crippen LogP contribution in [-0.2, 0) is 21.9 Å². The summed E-state index contributed by atoms with van der Waals surface area (Å²) >= 11 is 0. The van der Waals surface area contributed by atoms with Gasteiger partial charge in [-0.15, -0.1) is 0 Å². The summed E-state index contributed by atoms with van der Waals surface area (Å²) in [6.07, 6.45) is 0.00398. The maximum Gasteiger partial charge on any atom is 3.00 e. The van der Waals surface area contributed by atoms with E-state index in [0.717, 1.165) is 0 Å². The minimum Gasteiger partial charge on any atom is -0.300 e. The number of hydrogen-bond donors (Lipinski definition) is 0. The van der Waals surface area contributed by atoms with E-state index < -0.39 is 0 Å². The molecular weight excluding hydrogens is 207 g/mol. The number of Topliss-reactive ketones (excluding diaryl/α,β-unsaturated/α-hetero) is 2. The fourth-order valence-electron chi connectivity index (χ4n) is 0.952. The molecule has 0 saturated carbocycles. The third-order valence-corrected chi connectivity index (χ3v) is 1.51. The van der Waals surface area contributed by atoms with Crippen LogP contribution in [0.1, 0.15) is 23.7 Å². The van der Waals surface area contributed by atoms with Gasteiger partial charge < -0.3 is 0 Å². The second-order valence-electron chi connectivity index (χ2n) is 2.67. The molecule has 0 aliphatic carbocycles. The predicted molar refractivity (Wildman–Crippen MR) is 46.1 cm³/mol. The average molecular weight is 217 g/mol. The van der Waals surface area contributed by atoms with Crippen molar-refractivity contribution in [1.29, 1.82) is 0 Å². The molecule has 0 amide bonds. The van der Waals surface area contributed by atoms with Crippen molar-refractivity contribution in [3.05, 3.63) is 35.9 Å². The van der Waals surface area contributed by atoms with E-state index in [2.05, 4.69) is 0 Å². The molecule has 3 heteroatoms. The summed E-state index contributed by atoms with van der Waals surface area (Å²) < 4.78 is 0. The van der Waals surface area contributed by atoms with Crippen molar-refractivity contribution in [3.8, 4) is 0 Å². The van der Waals surface area contributed by atoms with Crippen molar-refractivity contribution in [3.63, 3.8) is 0 Å². The Morgan fingerprint density at radius 3 is 2.15 bits per heavy atom. The summed E-state index contributed by atoms with van der Waals surface area (Å²) in [5, 5.41) is 0. The zero-order chi connectivity index (χ0) is 8.97. The van der Waals surface area contributed by atoms with E-state index in [4.69, 9.17) is 0 Å². The SMILES string of the molecule is CC(=O)CC(=O)c1ccccc1.[Mn+3]. The van der Waals surface area contributed by atoms with Crippen molar-refractivity contribution < 1.29 is 26.7 Å². The zero-order valence-electron chi connectivity index (χ0n) is 7.29. The van der Waals surface area contributed by atoms with Crippen molar-refractivity contribution in [2.24, 2.45) is 0 Å². The van der Waals surface area contributed by atoms with Crippen LogP contribution in [0.3, 0.4) is 0 Å². The van der Waals surface area contributed by atoms with Gasteiger partial charge in [0.05, 0.1) is 6.42 Å². The Labute approximate surface area is 87.8 Å². The summed E-state index contributed by atoms with van der Waals surface area (Å²) in [6, 6.07) is 8.84. The molecule has 13 heavy (non-hydrogen) atoms. The molecule has 0 atom stereocenters. The fraction of sp³-hybridized carbons (Fsp3) is 0.200. The summed E-state index contributed by atoms with van der Waals surface area (Å²) in [7, 11) is 0. The minimum atomic E-state index is -0.108. The Morgan fingerprint density at radius 1 is 1.15 bits per heavy atom. The number of carbonyl (C=O) groups is 2. The van der Waals surface area contributed by atoms with Crippen LogP contribution < -0.4 is 0 Å². The topological polar surface area (TPSA) is 34.1 Å². The maximum atomic E-state index is 11.2. The van der Waals surface area contributed by atoms with Crippen LogP contribution in [0, 0.1) is 0 Å². The molecule has 0 heterocycles. The molecule has 0 saturated heterocycles. The first-order valence-electron chi connectivity index (χ1n) is 3.78. The molecule has 1 aromatic carbocycles. The molecule has 0 aliphatic rings. The second-order valence-corrected chi connectivity index (χ2v) is 2.67. The van der Waals surface area contributed by atoms with Gasteiger partial charge in [-0.05, 0) is 6.92 Å². The molecule has 0 unspecified atom stereocenters. The number of benzene rings is 1. The first kappa shape index (κ1) is 12.1. The number of carbonyl (C=O) groups excluding carboxylic acids is 2. The Hall–Kier alpha value is -0.921. The van der Waals surface area contributed by atoms with E-state index >= 15 is 0 Å². The van der Waals surface area contributed by atoms with E-state index in [-0.39, 0.29) is 35.1 Å². The van der Waals surface area contributed by atoms with Gasteiger partial charge in [0.25, 0.3) is 0 Å². The molecule has 2 nitrogen and oxygen atoms in total. The van der Waals surface area contributed by atoms with Gasteiger partial charge in [-0.1, -0.05) is 30.3 Å². The van der Waals surface area contributed by atoms with E-state index in [0.29, 0.717) is 5.56 Å². The average Bonchev–Trinajstić information content (AvgIpc) is 2.05. The molecule has 0 aromatic heterocycles. The van der Waals surface area contributed by atoms with Crippen molar-refractivity contribution in [1.82, 2.24) is 0 Å². The van der Waals surface area contributed by atoms with Crippen LogP contribution in [0.5, 0.6) is 0 Å². The summed E-state index contributed by atoms with van der Waals surface area (Å²) in [5.41, 5.74) is 0.604. The molecule has 0 spiro atoms. The number of rotatable bonds is 3. The van der Waals surface area contributed by atoms with Gasteiger partial charge in [0.15, 0.2) is 5.78 Å². The van der Waals surface area contributed by atoms with Crippen LogP contribution in [0.15, 0.2) is 30.3 Å². The quantitative estimate of drug-likeness (QED) is 0.440. The Kier molecular flexibility index (Phi) is 5.28. The van der Waals surface area contributed by atoms with Gasteiger partial charge in [0.2, 0.25) is 0 Å². The Balaban J connectivity index is 0.00000144. The van der Waals surface area contributed by atoms with Gasteiger partial charge in [-0.3, -0.25) is 9.59 Å². The third-order valence-electron chi connectivity index (χ3n) is 1.51. The van der Waals surface area contributed by atoms with Crippen molar-refractivity contribution >= 4 is 11.6 Å². The van der Waals surface area contributed by atoms with Gasteiger partial charge in [-0.25, -0.2) is 0 Å². The molecule has 66 valence electrons. The van der Waals surface area contributed by atoms with Gasteiger partial charge >= 0.3 is 17.1 Å². The zero-order valence-corrected chi connectivity index (χ0v) is 8.47. The van der Waals surface area contributed by atoms with Gasteiger partial charge in [-0.2, -0.15) is 0 Å². The minimum absolute atomic E-state index is 0. The fourth-order valence-corrected chi connectivity index (χ4v) is 0.952. The van der Waals surface area contributed by atoms with E-state index in [1.54, 1.807) is 24.3 Å². The molecular formula is C10H10MnO2+3. The maximum absolute atomic E-state index is 11.2. The third kappa shape index (κ3) is 4.02. The summed E-state index contributed by atoms with van der Waals surface area (Å²) in [4.78, 5) is 21.8. The van der Waals surface area contributed by atoms with Gasteiger partial charge in [0, 0.05) is 5.56 Å². The van der Waals surface area contributed by atoms with Crippen LogP contribution in [-0.4, -0.2) is 11.6 Å². The first-order chi connectivity index (χ1) is 5.70. The monoisotopic (exact) mass is 217 g/mol. The first-order valence-corrected chi connectivity index (χ1v) is 3.78. The van der Waals surface area contributed by atoms with Crippen LogP contribution >= 0.6 is 0 Å². The van der Waals surface area contributed by atoms with Crippen LogP contribution in [0.25, 0.3) is 0 Å². The Bertz CT molecular complexity index is 293. The number of hydrogen-bond acceptors (Lipinski definition) is 2. The molecule has 0 radical (unpaired) electrons. The summed E-state index contributed by atoms with van der Waals surface area (Å²) in [5.74, 6) is -0.202. The van der Waals surface area contributed by atoms with Gasteiger partial charge in [0.1, 0.15) is 5.78 Å². The molecule has 0 bridgehead atoms. The van der Waals surface area contributed by atoms with E-state index in [9.17, 15) is 9.59 Å². The van der Waals surface area contributed by atoms with Crippen molar-refractivity contribution in [2.45, 2.75) is 13.3 Å². The molecule has 1 rings (SSSR count). The summed E-state index contributed by atoms with van der Waals surface area (Å²) in [6.45, 7) is 1.42. The molecule has 0 fully saturated rings. The largest absolute Gasteiger partial charge is 3.00 e. The Morgan fingerprint density at radius 2 is 1.69 bits per heavy atom.